The first-order valence-electron chi connectivity index (χ1n) is 7.74. The summed E-state index contributed by atoms with van der Waals surface area (Å²) in [6.45, 7) is 0. The van der Waals surface area contributed by atoms with Gasteiger partial charge < -0.3 is 4.40 Å². The minimum Gasteiger partial charge on any atom is -0.304 e. The van der Waals surface area contributed by atoms with E-state index in [9.17, 15) is 4.21 Å². The molecule has 0 aliphatic heterocycles. The zero-order valence-electron chi connectivity index (χ0n) is 13.2. The topological polar surface area (TPSA) is 34.4 Å². The maximum absolute atomic E-state index is 12.7. The minimum absolute atomic E-state index is 0.374. The summed E-state index contributed by atoms with van der Waals surface area (Å²) in [5.74, 6) is 0.864. The highest BCUT2D eigenvalue weighted by molar-refractivity contribution is 7.83. The Balaban J connectivity index is 1.59. The second-order valence-corrected chi connectivity index (χ2v) is 8.14. The third kappa shape index (κ3) is 3.43. The number of hydrogen-bond donors (Lipinski definition) is 0. The van der Waals surface area contributed by atoms with Crippen molar-refractivity contribution < 1.29 is 4.21 Å². The highest BCUT2D eigenvalue weighted by Gasteiger charge is 2.11. The van der Waals surface area contributed by atoms with Gasteiger partial charge in [0.2, 0.25) is 0 Å². The zero-order chi connectivity index (χ0) is 17.4. The molecule has 2 aromatic heterocycles. The van der Waals surface area contributed by atoms with E-state index in [2.05, 4.69) is 23.2 Å². The van der Waals surface area contributed by atoms with Gasteiger partial charge in [0.1, 0.15) is 0 Å². The Hall–Kier alpha value is -1.88. The number of hydrogen-bond acceptors (Lipinski definition) is 2. The first kappa shape index (κ1) is 16.6. The van der Waals surface area contributed by atoms with E-state index in [1.54, 1.807) is 16.7 Å². The van der Waals surface area contributed by atoms with Crippen molar-refractivity contribution in [1.29, 1.82) is 0 Å². The van der Waals surface area contributed by atoms with E-state index in [1.807, 2.05) is 30.5 Å². The summed E-state index contributed by atoms with van der Waals surface area (Å²) in [6.07, 6.45) is 3.57. The van der Waals surface area contributed by atoms with Gasteiger partial charge in [-0.2, -0.15) is 0 Å². The zero-order valence-corrected chi connectivity index (χ0v) is 15.5. The van der Waals surface area contributed by atoms with Crippen LogP contribution in [0.3, 0.4) is 0 Å². The molecule has 2 aromatic carbocycles. The molecule has 4 aromatic rings. The first-order valence-corrected chi connectivity index (χ1v) is 9.99. The van der Waals surface area contributed by atoms with Crippen molar-refractivity contribution >= 4 is 50.4 Å². The maximum Gasteiger partial charge on any atom is 0.155 e. The lowest BCUT2D eigenvalue weighted by Gasteiger charge is -2.06. The fourth-order valence-corrected chi connectivity index (χ4v) is 4.65. The normalized spacial score (nSPS) is 12.7. The summed E-state index contributed by atoms with van der Waals surface area (Å²) >= 11 is 12.2. The summed E-state index contributed by atoms with van der Waals surface area (Å²) in [6, 6.07) is 15.9. The predicted octanol–water partition coefficient (Wildman–Crippen LogP) is 5.24. The van der Waals surface area contributed by atoms with Gasteiger partial charge in [0, 0.05) is 28.9 Å². The van der Waals surface area contributed by atoms with Crippen LogP contribution in [0.25, 0.3) is 16.4 Å². The molecule has 0 spiro atoms. The number of pyridine rings is 1. The molecule has 0 N–H and O–H groups in total. The second-order valence-electron chi connectivity index (χ2n) is 5.84. The van der Waals surface area contributed by atoms with E-state index in [0.717, 1.165) is 22.0 Å². The molecule has 3 nitrogen and oxygen atoms in total. The molecule has 2 heterocycles. The van der Waals surface area contributed by atoms with Gasteiger partial charge in [-0.05, 0) is 22.4 Å². The van der Waals surface area contributed by atoms with Crippen LogP contribution < -0.4 is 0 Å². The van der Waals surface area contributed by atoms with E-state index < -0.39 is 10.8 Å². The SMILES string of the molecule is O=[S@](Cc1cn2cc(Cl)cc(Cl)c2n1)Cc1cccc2ccccc12. The lowest BCUT2D eigenvalue weighted by molar-refractivity contribution is 0.682. The number of fused-ring (bicyclic) bond motifs is 2. The number of rotatable bonds is 4. The molecule has 0 unspecified atom stereocenters. The van der Waals surface area contributed by atoms with E-state index in [4.69, 9.17) is 23.2 Å². The molecule has 0 aliphatic rings. The largest absolute Gasteiger partial charge is 0.304 e. The molecule has 0 radical (unpaired) electrons. The fourth-order valence-electron chi connectivity index (χ4n) is 2.95. The number of aromatic nitrogens is 2. The summed E-state index contributed by atoms with van der Waals surface area (Å²) in [4.78, 5) is 4.48. The van der Waals surface area contributed by atoms with Crippen LogP contribution in [-0.4, -0.2) is 13.6 Å². The maximum atomic E-state index is 12.7. The monoisotopic (exact) mass is 388 g/mol. The smallest absolute Gasteiger partial charge is 0.155 e. The number of nitrogens with zero attached hydrogens (tertiary/aromatic N) is 2. The van der Waals surface area contributed by atoms with Crippen molar-refractivity contribution in [1.82, 2.24) is 9.38 Å². The average molecular weight is 389 g/mol. The number of benzene rings is 2. The van der Waals surface area contributed by atoms with Crippen LogP contribution in [-0.2, 0) is 22.3 Å². The Morgan fingerprint density at radius 3 is 2.68 bits per heavy atom. The molecule has 25 heavy (non-hydrogen) atoms. The van der Waals surface area contributed by atoms with Crippen LogP contribution in [0.2, 0.25) is 10.0 Å². The molecule has 4 rings (SSSR count). The fraction of sp³-hybridized carbons (Fsp3) is 0.105. The Morgan fingerprint density at radius 1 is 1.00 bits per heavy atom. The quantitative estimate of drug-likeness (QED) is 0.478. The van der Waals surface area contributed by atoms with Gasteiger partial charge in [0.15, 0.2) is 5.65 Å². The van der Waals surface area contributed by atoms with Crippen molar-refractivity contribution in [3.05, 3.63) is 82.2 Å². The second kappa shape index (κ2) is 6.79. The van der Waals surface area contributed by atoms with Crippen LogP contribution in [0.5, 0.6) is 0 Å². The lowest BCUT2D eigenvalue weighted by atomic mass is 10.1. The molecule has 0 saturated heterocycles. The average Bonchev–Trinajstić information content (AvgIpc) is 2.97. The van der Waals surface area contributed by atoms with Crippen molar-refractivity contribution in [2.24, 2.45) is 0 Å². The van der Waals surface area contributed by atoms with Crippen molar-refractivity contribution in [2.45, 2.75) is 11.5 Å². The Morgan fingerprint density at radius 2 is 1.80 bits per heavy atom. The molecule has 6 heteroatoms. The van der Waals surface area contributed by atoms with Crippen molar-refractivity contribution in [3.63, 3.8) is 0 Å². The number of imidazole rings is 1. The number of halogens is 2. The van der Waals surface area contributed by atoms with Gasteiger partial charge in [0.25, 0.3) is 0 Å². The molecule has 0 amide bonds. The molecule has 126 valence electrons. The first-order chi connectivity index (χ1) is 12.1. The standard InChI is InChI=1S/C19H14Cl2N2OS/c20-15-8-18(21)19-22-16(10-23(19)9-15)12-25(24)11-14-6-3-5-13-4-1-2-7-17(13)14/h1-10H,11-12H2/t25-/m0/s1. The van der Waals surface area contributed by atoms with Gasteiger partial charge in [-0.3, -0.25) is 4.21 Å². The van der Waals surface area contributed by atoms with E-state index in [-0.39, 0.29) is 0 Å². The van der Waals surface area contributed by atoms with Crippen molar-refractivity contribution in [2.75, 3.05) is 0 Å². The molecule has 0 fully saturated rings. The van der Waals surface area contributed by atoms with Crippen LogP contribution in [0.4, 0.5) is 0 Å². The Bertz CT molecular complexity index is 1100. The van der Waals surface area contributed by atoms with Crippen LogP contribution in [0.1, 0.15) is 11.3 Å². The van der Waals surface area contributed by atoms with Gasteiger partial charge in [-0.1, -0.05) is 65.7 Å². The predicted molar refractivity (Wildman–Crippen MR) is 105 cm³/mol. The third-order valence-corrected chi connectivity index (χ3v) is 5.76. The molecule has 0 bridgehead atoms. The van der Waals surface area contributed by atoms with E-state index >= 15 is 0 Å². The molecular formula is C19H14Cl2N2OS. The van der Waals surface area contributed by atoms with Gasteiger partial charge in [-0.25, -0.2) is 4.98 Å². The lowest BCUT2D eigenvalue weighted by Crippen LogP contribution is -2.00. The molecular weight excluding hydrogens is 375 g/mol. The third-order valence-electron chi connectivity index (χ3n) is 4.03. The van der Waals surface area contributed by atoms with Gasteiger partial charge >= 0.3 is 0 Å². The van der Waals surface area contributed by atoms with E-state index in [1.165, 1.54) is 0 Å². The van der Waals surface area contributed by atoms with Gasteiger partial charge in [0.05, 0.1) is 21.5 Å². The molecule has 1 atom stereocenters. The Labute approximate surface area is 157 Å². The van der Waals surface area contributed by atoms with Gasteiger partial charge in [-0.15, -0.1) is 0 Å². The van der Waals surface area contributed by atoms with Crippen LogP contribution >= 0.6 is 23.2 Å². The minimum atomic E-state index is -1.07. The summed E-state index contributed by atoms with van der Waals surface area (Å²) < 4.78 is 14.4. The molecule has 0 saturated carbocycles. The highest BCUT2D eigenvalue weighted by atomic mass is 35.5. The Kier molecular flexibility index (Phi) is 4.50. The van der Waals surface area contributed by atoms with Crippen LogP contribution in [0, 0.1) is 0 Å². The molecule has 0 aliphatic carbocycles. The van der Waals surface area contributed by atoms with Crippen LogP contribution in [0.15, 0.2) is 60.9 Å². The highest BCUT2D eigenvalue weighted by Crippen LogP contribution is 2.23. The van der Waals surface area contributed by atoms with Crippen molar-refractivity contribution in [3.8, 4) is 0 Å². The summed E-state index contributed by atoms with van der Waals surface area (Å²) in [5, 5.41) is 3.33. The summed E-state index contributed by atoms with van der Waals surface area (Å²) in [5.41, 5.74) is 2.45. The van der Waals surface area contributed by atoms with E-state index in [0.29, 0.717) is 27.2 Å². The summed E-state index contributed by atoms with van der Waals surface area (Å²) in [7, 11) is -1.07.